The Balaban J connectivity index is 2.70. The molecule has 2 amide bonds. The van der Waals surface area contributed by atoms with E-state index in [2.05, 4.69) is 0 Å². The second-order valence-electron chi connectivity index (χ2n) is 4.36. The Morgan fingerprint density at radius 2 is 2.00 bits per heavy atom. The molecule has 0 aromatic carbocycles. The second kappa shape index (κ2) is 4.61. The van der Waals surface area contributed by atoms with E-state index in [1.54, 1.807) is 0 Å². The van der Waals surface area contributed by atoms with Gasteiger partial charge in [0.15, 0.2) is 0 Å². The van der Waals surface area contributed by atoms with Crippen molar-refractivity contribution in [1.29, 1.82) is 0 Å². The van der Waals surface area contributed by atoms with Gasteiger partial charge in [-0.2, -0.15) is 0 Å². The van der Waals surface area contributed by atoms with Crippen LogP contribution in [0.3, 0.4) is 0 Å². The summed E-state index contributed by atoms with van der Waals surface area (Å²) in [5, 5.41) is 0. The molecule has 1 fully saturated rings. The van der Waals surface area contributed by atoms with E-state index < -0.39 is 18.0 Å². The Kier molecular flexibility index (Phi) is 3.68. The highest BCUT2D eigenvalue weighted by atomic mass is 16.2. The molecule has 0 unspecified atom stereocenters. The van der Waals surface area contributed by atoms with Crippen molar-refractivity contribution in [2.24, 2.45) is 17.4 Å². The molecule has 86 valence electrons. The molecule has 5 nitrogen and oxygen atoms in total. The predicted molar refractivity (Wildman–Crippen MR) is 56.7 cm³/mol. The average Bonchev–Trinajstić information content (AvgIpc) is 2.63. The molecule has 1 aliphatic heterocycles. The van der Waals surface area contributed by atoms with Crippen molar-refractivity contribution < 1.29 is 9.59 Å². The van der Waals surface area contributed by atoms with Gasteiger partial charge in [-0.1, -0.05) is 13.8 Å². The lowest BCUT2D eigenvalue weighted by molar-refractivity contribution is -0.139. The maximum atomic E-state index is 11.9. The van der Waals surface area contributed by atoms with Gasteiger partial charge >= 0.3 is 0 Å². The van der Waals surface area contributed by atoms with Gasteiger partial charge in [0, 0.05) is 6.54 Å². The molecule has 0 aliphatic carbocycles. The van der Waals surface area contributed by atoms with Crippen molar-refractivity contribution in [2.45, 2.75) is 38.8 Å². The summed E-state index contributed by atoms with van der Waals surface area (Å²) in [4.78, 5) is 24.5. The van der Waals surface area contributed by atoms with E-state index in [-0.39, 0.29) is 11.8 Å². The fraction of sp³-hybridized carbons (Fsp3) is 0.800. The summed E-state index contributed by atoms with van der Waals surface area (Å²) in [6.07, 6.45) is 1.48. The van der Waals surface area contributed by atoms with Gasteiger partial charge in [-0.3, -0.25) is 9.59 Å². The minimum absolute atomic E-state index is 0.0756. The van der Waals surface area contributed by atoms with Crippen molar-refractivity contribution in [1.82, 2.24) is 4.90 Å². The molecule has 1 saturated heterocycles. The lowest BCUT2D eigenvalue weighted by atomic mass is 10.0. The molecule has 1 aliphatic rings. The number of nitrogens with zero attached hydrogens (tertiary/aromatic N) is 1. The summed E-state index contributed by atoms with van der Waals surface area (Å²) in [5.74, 6) is -0.519. The topological polar surface area (TPSA) is 89.4 Å². The number of carbonyl (C=O) groups excluding carboxylic acids is 2. The van der Waals surface area contributed by atoms with Gasteiger partial charge in [-0.25, -0.2) is 0 Å². The van der Waals surface area contributed by atoms with Gasteiger partial charge in [0.2, 0.25) is 11.8 Å². The van der Waals surface area contributed by atoms with Crippen LogP contribution in [0.5, 0.6) is 0 Å². The summed E-state index contributed by atoms with van der Waals surface area (Å²) in [6.45, 7) is 4.36. The summed E-state index contributed by atoms with van der Waals surface area (Å²) < 4.78 is 0. The highest BCUT2D eigenvalue weighted by Crippen LogP contribution is 2.18. The quantitative estimate of drug-likeness (QED) is 0.659. The number of hydrogen-bond donors (Lipinski definition) is 2. The summed E-state index contributed by atoms with van der Waals surface area (Å²) in [6, 6.07) is -0.993. The van der Waals surface area contributed by atoms with E-state index in [9.17, 15) is 9.59 Å². The molecule has 0 bridgehead atoms. The summed E-state index contributed by atoms with van der Waals surface area (Å²) >= 11 is 0. The highest BCUT2D eigenvalue weighted by Gasteiger charge is 2.35. The minimum atomic E-state index is -0.537. The standard InChI is InChI=1S/C10H19N3O2/c1-6(2)8(11)10(15)13-5-3-4-7(13)9(12)14/h6-8H,3-5,11H2,1-2H3,(H2,12,14)/t7-,8-/m0/s1. The third-order valence-electron chi connectivity index (χ3n) is 2.87. The molecule has 1 heterocycles. The minimum Gasteiger partial charge on any atom is -0.368 e. The summed E-state index contributed by atoms with van der Waals surface area (Å²) in [7, 11) is 0. The van der Waals surface area contributed by atoms with Gasteiger partial charge in [-0.05, 0) is 18.8 Å². The number of primary amides is 1. The van der Waals surface area contributed by atoms with Crippen molar-refractivity contribution in [2.75, 3.05) is 6.54 Å². The third-order valence-corrected chi connectivity index (χ3v) is 2.87. The number of amides is 2. The maximum Gasteiger partial charge on any atom is 0.240 e. The fourth-order valence-electron chi connectivity index (χ4n) is 1.80. The van der Waals surface area contributed by atoms with Crippen molar-refractivity contribution in [3.63, 3.8) is 0 Å². The van der Waals surface area contributed by atoms with Crippen LogP contribution in [-0.2, 0) is 9.59 Å². The SMILES string of the molecule is CC(C)[C@H](N)C(=O)N1CCC[C@H]1C(N)=O. The van der Waals surface area contributed by atoms with Gasteiger partial charge in [-0.15, -0.1) is 0 Å². The Morgan fingerprint density at radius 3 is 2.47 bits per heavy atom. The number of likely N-dealkylation sites (tertiary alicyclic amines) is 1. The van der Waals surface area contributed by atoms with Crippen LogP contribution in [0.25, 0.3) is 0 Å². The number of hydrogen-bond acceptors (Lipinski definition) is 3. The summed E-state index contributed by atoms with van der Waals surface area (Å²) in [5.41, 5.74) is 11.0. The number of carbonyl (C=O) groups is 2. The average molecular weight is 213 g/mol. The lowest BCUT2D eigenvalue weighted by Crippen LogP contribution is -2.51. The molecule has 4 N–H and O–H groups in total. The fourth-order valence-corrected chi connectivity index (χ4v) is 1.80. The van der Waals surface area contributed by atoms with Gasteiger partial charge in [0.25, 0.3) is 0 Å². The van der Waals surface area contributed by atoms with Crippen molar-refractivity contribution in [3.8, 4) is 0 Å². The van der Waals surface area contributed by atoms with Crippen molar-refractivity contribution in [3.05, 3.63) is 0 Å². The van der Waals surface area contributed by atoms with E-state index in [4.69, 9.17) is 11.5 Å². The van der Waals surface area contributed by atoms with E-state index in [0.29, 0.717) is 13.0 Å². The molecule has 0 aromatic rings. The molecule has 5 heteroatoms. The Morgan fingerprint density at radius 1 is 1.40 bits per heavy atom. The predicted octanol–water partition coefficient (Wildman–Crippen LogP) is -0.554. The largest absolute Gasteiger partial charge is 0.368 e. The number of rotatable bonds is 3. The van der Waals surface area contributed by atoms with Crippen molar-refractivity contribution >= 4 is 11.8 Å². The smallest absolute Gasteiger partial charge is 0.240 e. The first-order valence-corrected chi connectivity index (χ1v) is 5.30. The van der Waals surface area contributed by atoms with Crippen LogP contribution < -0.4 is 11.5 Å². The molecule has 1 rings (SSSR count). The zero-order valence-corrected chi connectivity index (χ0v) is 9.27. The Bertz CT molecular complexity index is 265. The molecule has 0 radical (unpaired) electrons. The first-order valence-electron chi connectivity index (χ1n) is 5.30. The third kappa shape index (κ3) is 2.47. The van der Waals surface area contributed by atoms with E-state index in [0.717, 1.165) is 6.42 Å². The highest BCUT2D eigenvalue weighted by molar-refractivity contribution is 5.89. The van der Waals surface area contributed by atoms with E-state index in [1.165, 1.54) is 4.90 Å². The molecule has 15 heavy (non-hydrogen) atoms. The molecule has 0 saturated carbocycles. The molecular formula is C10H19N3O2. The Labute approximate surface area is 89.8 Å². The molecule has 2 atom stereocenters. The zero-order valence-electron chi connectivity index (χ0n) is 9.27. The van der Waals surface area contributed by atoms with Crippen LogP contribution >= 0.6 is 0 Å². The second-order valence-corrected chi connectivity index (χ2v) is 4.36. The lowest BCUT2D eigenvalue weighted by Gasteiger charge is -2.26. The van der Waals surface area contributed by atoms with Gasteiger partial charge in [0.1, 0.15) is 6.04 Å². The van der Waals surface area contributed by atoms with Crippen LogP contribution in [0.2, 0.25) is 0 Å². The number of nitrogens with two attached hydrogens (primary N) is 2. The zero-order chi connectivity index (χ0) is 11.6. The van der Waals surface area contributed by atoms with E-state index >= 15 is 0 Å². The van der Waals surface area contributed by atoms with Gasteiger partial charge < -0.3 is 16.4 Å². The Hall–Kier alpha value is -1.10. The first-order chi connectivity index (χ1) is 6.95. The molecule has 0 spiro atoms. The molecule has 0 aromatic heterocycles. The van der Waals surface area contributed by atoms with Crippen LogP contribution in [-0.4, -0.2) is 35.3 Å². The van der Waals surface area contributed by atoms with E-state index in [1.807, 2.05) is 13.8 Å². The van der Waals surface area contributed by atoms with Gasteiger partial charge in [0.05, 0.1) is 6.04 Å². The van der Waals surface area contributed by atoms with Crippen LogP contribution in [0.15, 0.2) is 0 Å². The molecular weight excluding hydrogens is 194 g/mol. The first kappa shape index (κ1) is 12.0. The maximum absolute atomic E-state index is 11.9. The monoisotopic (exact) mass is 213 g/mol. The van der Waals surface area contributed by atoms with Crippen LogP contribution in [0, 0.1) is 5.92 Å². The van der Waals surface area contributed by atoms with Crippen LogP contribution in [0.1, 0.15) is 26.7 Å². The normalized spacial score (nSPS) is 23.2. The van der Waals surface area contributed by atoms with Crippen LogP contribution in [0.4, 0.5) is 0 Å².